The molecule has 0 aliphatic carbocycles. The molecule has 3 aromatic rings. The second kappa shape index (κ2) is 11.6. The Labute approximate surface area is 207 Å². The standard InChI is InChI=1S/C28H28F4N2O2/c29-24-4-2-1-3-19(24)13-18-5-7-22(8-6-18)36-23-9-11-34(12-10-23)28(35)16-21(33)14-20-15-26(31)27(32)17-25(20)30/h1-8,15,17,21,23H,9-14,16,33H2. The van der Waals surface area contributed by atoms with Gasteiger partial charge in [0.15, 0.2) is 11.6 Å². The molecule has 0 saturated carbocycles. The number of carbonyl (C=O) groups excluding carboxylic acids is 1. The van der Waals surface area contributed by atoms with E-state index < -0.39 is 23.5 Å². The number of hydrogen-bond acceptors (Lipinski definition) is 3. The van der Waals surface area contributed by atoms with E-state index in [1.807, 2.05) is 30.3 Å². The molecule has 36 heavy (non-hydrogen) atoms. The summed E-state index contributed by atoms with van der Waals surface area (Å²) in [6.45, 7) is 1.00. The van der Waals surface area contributed by atoms with Crippen molar-refractivity contribution in [3.8, 4) is 5.75 Å². The van der Waals surface area contributed by atoms with E-state index in [9.17, 15) is 22.4 Å². The Balaban J connectivity index is 1.22. The minimum absolute atomic E-state index is 0.0204. The molecule has 4 rings (SSSR count). The van der Waals surface area contributed by atoms with Crippen LogP contribution in [-0.4, -0.2) is 36.0 Å². The van der Waals surface area contributed by atoms with Gasteiger partial charge in [0.1, 0.15) is 23.5 Å². The number of hydrogen-bond donors (Lipinski definition) is 1. The Morgan fingerprint density at radius 3 is 2.25 bits per heavy atom. The Kier molecular flexibility index (Phi) is 8.25. The van der Waals surface area contributed by atoms with Crippen molar-refractivity contribution in [3.05, 3.63) is 101 Å². The van der Waals surface area contributed by atoms with Gasteiger partial charge in [-0.25, -0.2) is 17.6 Å². The topological polar surface area (TPSA) is 55.6 Å². The van der Waals surface area contributed by atoms with Gasteiger partial charge < -0.3 is 15.4 Å². The van der Waals surface area contributed by atoms with E-state index in [0.29, 0.717) is 49.7 Å². The van der Waals surface area contributed by atoms with Gasteiger partial charge in [-0.05, 0) is 47.4 Å². The maximum atomic E-state index is 13.9. The van der Waals surface area contributed by atoms with Crippen LogP contribution >= 0.6 is 0 Å². The van der Waals surface area contributed by atoms with E-state index in [1.165, 1.54) is 6.07 Å². The number of likely N-dealkylation sites (tertiary alicyclic amines) is 1. The summed E-state index contributed by atoms with van der Waals surface area (Å²) in [5, 5.41) is 0. The fourth-order valence-electron chi connectivity index (χ4n) is 4.39. The van der Waals surface area contributed by atoms with Crippen molar-refractivity contribution in [2.45, 2.75) is 44.2 Å². The summed E-state index contributed by atoms with van der Waals surface area (Å²) in [5.41, 5.74) is 7.55. The number of amides is 1. The van der Waals surface area contributed by atoms with Crippen LogP contribution in [0.15, 0.2) is 60.7 Å². The molecule has 1 heterocycles. The smallest absolute Gasteiger partial charge is 0.224 e. The quantitative estimate of drug-likeness (QED) is 0.343. The molecule has 0 aromatic heterocycles. The molecular formula is C28H28F4N2O2. The van der Waals surface area contributed by atoms with Crippen LogP contribution in [0.2, 0.25) is 0 Å². The highest BCUT2D eigenvalue weighted by atomic mass is 19.2. The number of halogens is 4. The first kappa shape index (κ1) is 25.7. The summed E-state index contributed by atoms with van der Waals surface area (Å²) in [7, 11) is 0. The van der Waals surface area contributed by atoms with Gasteiger partial charge in [0, 0.05) is 50.9 Å². The minimum atomic E-state index is -1.26. The van der Waals surface area contributed by atoms with E-state index in [1.54, 1.807) is 17.0 Å². The zero-order valence-electron chi connectivity index (χ0n) is 19.7. The van der Waals surface area contributed by atoms with Gasteiger partial charge in [-0.2, -0.15) is 0 Å². The average Bonchev–Trinajstić information content (AvgIpc) is 2.85. The van der Waals surface area contributed by atoms with Crippen molar-refractivity contribution in [2.75, 3.05) is 13.1 Å². The third-order valence-corrected chi connectivity index (χ3v) is 6.38. The first-order chi connectivity index (χ1) is 17.3. The highest BCUT2D eigenvalue weighted by molar-refractivity contribution is 5.77. The molecule has 1 saturated heterocycles. The molecule has 1 fully saturated rings. The highest BCUT2D eigenvalue weighted by Gasteiger charge is 2.25. The lowest BCUT2D eigenvalue weighted by Crippen LogP contribution is -2.43. The summed E-state index contributed by atoms with van der Waals surface area (Å²) in [6, 6.07) is 14.8. The van der Waals surface area contributed by atoms with Gasteiger partial charge in [0.05, 0.1) is 0 Å². The summed E-state index contributed by atoms with van der Waals surface area (Å²) in [5.74, 6) is -2.96. The van der Waals surface area contributed by atoms with E-state index in [0.717, 1.165) is 11.6 Å². The van der Waals surface area contributed by atoms with Crippen LogP contribution in [0.25, 0.3) is 0 Å². The maximum absolute atomic E-state index is 13.9. The van der Waals surface area contributed by atoms with Crippen LogP contribution in [-0.2, 0) is 17.6 Å². The molecule has 2 N–H and O–H groups in total. The van der Waals surface area contributed by atoms with Crippen LogP contribution < -0.4 is 10.5 Å². The zero-order chi connectivity index (χ0) is 25.7. The molecule has 1 aliphatic rings. The summed E-state index contributed by atoms with van der Waals surface area (Å²) < 4.78 is 60.3. The molecule has 8 heteroatoms. The summed E-state index contributed by atoms with van der Waals surface area (Å²) in [6.07, 6.45) is 1.66. The van der Waals surface area contributed by atoms with Gasteiger partial charge in [-0.3, -0.25) is 4.79 Å². The summed E-state index contributed by atoms with van der Waals surface area (Å²) in [4.78, 5) is 14.3. The maximum Gasteiger partial charge on any atom is 0.224 e. The first-order valence-electron chi connectivity index (χ1n) is 11.9. The molecule has 190 valence electrons. The van der Waals surface area contributed by atoms with Crippen molar-refractivity contribution in [2.24, 2.45) is 5.73 Å². The average molecular weight is 501 g/mol. The predicted octanol–water partition coefficient (Wildman–Crippen LogP) is 5.16. The lowest BCUT2D eigenvalue weighted by atomic mass is 10.0. The van der Waals surface area contributed by atoms with Crippen molar-refractivity contribution in [3.63, 3.8) is 0 Å². The number of piperidine rings is 1. The van der Waals surface area contributed by atoms with Gasteiger partial charge in [-0.1, -0.05) is 30.3 Å². The van der Waals surface area contributed by atoms with Gasteiger partial charge in [0.25, 0.3) is 0 Å². The second-order valence-electron chi connectivity index (χ2n) is 9.14. The second-order valence-corrected chi connectivity index (χ2v) is 9.14. The number of nitrogens with two attached hydrogens (primary N) is 1. The lowest BCUT2D eigenvalue weighted by molar-refractivity contribution is -0.133. The zero-order valence-corrected chi connectivity index (χ0v) is 19.7. The van der Waals surface area contributed by atoms with E-state index >= 15 is 0 Å². The molecule has 1 amide bonds. The molecule has 4 nitrogen and oxygen atoms in total. The van der Waals surface area contributed by atoms with Crippen LogP contribution in [0, 0.1) is 23.3 Å². The Hall–Kier alpha value is -3.39. The van der Waals surface area contributed by atoms with Gasteiger partial charge in [-0.15, -0.1) is 0 Å². The van der Waals surface area contributed by atoms with Gasteiger partial charge >= 0.3 is 0 Å². The fraction of sp³-hybridized carbons (Fsp3) is 0.321. The number of rotatable bonds is 8. The van der Waals surface area contributed by atoms with Crippen molar-refractivity contribution >= 4 is 5.91 Å². The number of benzene rings is 3. The van der Waals surface area contributed by atoms with Crippen LogP contribution in [0.1, 0.15) is 36.0 Å². The van der Waals surface area contributed by atoms with E-state index in [4.69, 9.17) is 10.5 Å². The monoisotopic (exact) mass is 500 g/mol. The number of nitrogens with zero attached hydrogens (tertiary/aromatic N) is 1. The molecule has 3 aromatic carbocycles. The molecule has 0 radical (unpaired) electrons. The third kappa shape index (κ3) is 6.63. The predicted molar refractivity (Wildman–Crippen MR) is 128 cm³/mol. The van der Waals surface area contributed by atoms with Gasteiger partial charge in [0.2, 0.25) is 5.91 Å². The Morgan fingerprint density at radius 2 is 1.56 bits per heavy atom. The number of carbonyl (C=O) groups is 1. The Bertz CT molecular complexity index is 1190. The van der Waals surface area contributed by atoms with Crippen molar-refractivity contribution in [1.82, 2.24) is 4.90 Å². The SMILES string of the molecule is NC(CC(=O)N1CCC(Oc2ccc(Cc3ccccc3F)cc2)CC1)Cc1cc(F)c(F)cc1F. The van der Waals surface area contributed by atoms with Crippen LogP contribution in [0.3, 0.4) is 0 Å². The molecular weight excluding hydrogens is 472 g/mol. The highest BCUT2D eigenvalue weighted by Crippen LogP contribution is 2.22. The molecule has 0 bridgehead atoms. The molecule has 1 aliphatic heterocycles. The van der Waals surface area contributed by atoms with Crippen molar-refractivity contribution < 1.29 is 27.1 Å². The minimum Gasteiger partial charge on any atom is -0.490 e. The van der Waals surface area contributed by atoms with Crippen molar-refractivity contribution in [1.29, 1.82) is 0 Å². The largest absolute Gasteiger partial charge is 0.490 e. The first-order valence-corrected chi connectivity index (χ1v) is 11.9. The third-order valence-electron chi connectivity index (χ3n) is 6.38. The molecule has 0 spiro atoms. The molecule has 1 unspecified atom stereocenters. The Morgan fingerprint density at radius 1 is 0.889 bits per heavy atom. The molecule has 1 atom stereocenters. The van der Waals surface area contributed by atoms with Crippen LogP contribution in [0.5, 0.6) is 5.75 Å². The van der Waals surface area contributed by atoms with E-state index in [-0.39, 0.29) is 36.2 Å². The van der Waals surface area contributed by atoms with E-state index in [2.05, 4.69) is 0 Å². The van der Waals surface area contributed by atoms with Crippen LogP contribution in [0.4, 0.5) is 17.6 Å². The normalized spacial score (nSPS) is 15.1. The summed E-state index contributed by atoms with van der Waals surface area (Å²) >= 11 is 0. The lowest BCUT2D eigenvalue weighted by Gasteiger charge is -2.33. The number of ether oxygens (including phenoxy) is 1. The fourth-order valence-corrected chi connectivity index (χ4v) is 4.39.